The van der Waals surface area contributed by atoms with Crippen LogP contribution in [0.25, 0.3) is 0 Å². The van der Waals surface area contributed by atoms with Crippen molar-refractivity contribution >= 4 is 13.5 Å². The van der Waals surface area contributed by atoms with Crippen molar-refractivity contribution in [3.8, 4) is 0 Å². The molecule has 0 bridgehead atoms. The Balaban J connectivity index is -0.000000405. The first kappa shape index (κ1) is 18.0. The fraction of sp³-hybridized carbons (Fsp3) is 0.818. The van der Waals surface area contributed by atoms with Gasteiger partial charge in [-0.2, -0.15) is 13.5 Å². The van der Waals surface area contributed by atoms with Gasteiger partial charge in [-0.1, -0.05) is 53.2 Å². The highest BCUT2D eigenvalue weighted by atomic mass is 32.1. The Morgan fingerprint density at radius 2 is 1.75 bits per heavy atom. The van der Waals surface area contributed by atoms with Gasteiger partial charge in [0, 0.05) is 0 Å². The van der Waals surface area contributed by atoms with Crippen molar-refractivity contribution < 1.29 is 0 Å². The summed E-state index contributed by atoms with van der Waals surface area (Å²) in [6.45, 7) is 6.68. The van der Waals surface area contributed by atoms with Crippen LogP contribution in [0.5, 0.6) is 0 Å². The topological polar surface area (TPSA) is 0 Å². The van der Waals surface area contributed by atoms with E-state index in [0.717, 1.165) is 5.92 Å². The summed E-state index contributed by atoms with van der Waals surface area (Å²) in [7, 11) is 0. The van der Waals surface area contributed by atoms with E-state index in [1.54, 1.807) is 0 Å². The Bertz CT molecular complexity index is 85.0. The molecule has 0 aliphatic heterocycles. The Hall–Kier alpha value is 0.0900. The third-order valence-corrected chi connectivity index (χ3v) is 1.50. The molecule has 0 radical (unpaired) electrons. The van der Waals surface area contributed by atoms with E-state index in [9.17, 15) is 0 Å². The lowest BCUT2D eigenvalue weighted by Gasteiger charge is -1.94. The van der Waals surface area contributed by atoms with Gasteiger partial charge in [0.15, 0.2) is 0 Å². The predicted molar refractivity (Wildman–Crippen MR) is 65.2 cm³/mol. The van der Waals surface area contributed by atoms with Crippen LogP contribution in [0.1, 0.15) is 53.9 Å². The summed E-state index contributed by atoms with van der Waals surface area (Å²) in [5.41, 5.74) is 0. The molecule has 0 aromatic heterocycles. The van der Waals surface area contributed by atoms with Crippen LogP contribution in [-0.2, 0) is 0 Å². The average Bonchev–Trinajstić information content (AvgIpc) is 1.87. The Labute approximate surface area is 85.9 Å². The second-order valence-corrected chi connectivity index (χ2v) is 3.17. The molecular weight excluding hydrogens is 164 g/mol. The first-order chi connectivity index (χ1) is 4.77. The molecule has 0 aromatic carbocycles. The van der Waals surface area contributed by atoms with Crippen molar-refractivity contribution in [3.05, 3.63) is 12.2 Å². The molecule has 0 aromatic rings. The molecule has 0 heterocycles. The van der Waals surface area contributed by atoms with E-state index in [2.05, 4.69) is 32.9 Å². The van der Waals surface area contributed by atoms with Gasteiger partial charge in [-0.15, -0.1) is 0 Å². The van der Waals surface area contributed by atoms with E-state index >= 15 is 0 Å². The van der Waals surface area contributed by atoms with Crippen LogP contribution in [0.15, 0.2) is 12.2 Å². The van der Waals surface area contributed by atoms with Crippen molar-refractivity contribution in [3.63, 3.8) is 0 Å². The van der Waals surface area contributed by atoms with Gasteiger partial charge in [-0.25, -0.2) is 0 Å². The van der Waals surface area contributed by atoms with Gasteiger partial charge in [0.05, 0.1) is 0 Å². The third-order valence-electron chi connectivity index (χ3n) is 1.50. The normalized spacial score (nSPS) is 9.67. The van der Waals surface area contributed by atoms with Crippen molar-refractivity contribution in [2.75, 3.05) is 0 Å². The average molecular weight is 190 g/mol. The molecule has 1 heteroatoms. The molecule has 0 aliphatic rings. The molecule has 0 saturated heterocycles. The Kier molecular flexibility index (Phi) is 20.5. The van der Waals surface area contributed by atoms with E-state index < -0.39 is 0 Å². The van der Waals surface area contributed by atoms with Crippen LogP contribution in [0, 0.1) is 5.92 Å². The zero-order chi connectivity index (χ0) is 7.82. The summed E-state index contributed by atoms with van der Waals surface area (Å²) in [5.74, 6) is 0.724. The summed E-state index contributed by atoms with van der Waals surface area (Å²) in [5, 5.41) is 0. The van der Waals surface area contributed by atoms with Crippen molar-refractivity contribution in [2.24, 2.45) is 5.92 Å². The van der Waals surface area contributed by atoms with Gasteiger partial charge in [0.1, 0.15) is 0 Å². The third kappa shape index (κ3) is 16.6. The monoisotopic (exact) mass is 190 g/mol. The second-order valence-electron chi connectivity index (χ2n) is 3.17. The van der Waals surface area contributed by atoms with Crippen LogP contribution < -0.4 is 0 Å². The van der Waals surface area contributed by atoms with Crippen LogP contribution in [0.4, 0.5) is 0 Å². The summed E-state index contributed by atoms with van der Waals surface area (Å²) in [6, 6.07) is 0. The van der Waals surface area contributed by atoms with Crippen LogP contribution >= 0.6 is 13.5 Å². The lowest BCUT2D eigenvalue weighted by atomic mass is 10.1. The zero-order valence-electron chi connectivity index (χ0n) is 8.06. The fourth-order valence-corrected chi connectivity index (χ4v) is 0.881. The number of allylic oxidation sites excluding steroid dienone is 2. The SMILES string of the molecule is C.CCCCCC=CC(C)C.S. The molecule has 0 nitrogen and oxygen atoms in total. The Morgan fingerprint density at radius 1 is 1.17 bits per heavy atom. The van der Waals surface area contributed by atoms with Gasteiger partial charge in [-0.05, 0) is 18.8 Å². The van der Waals surface area contributed by atoms with Gasteiger partial charge in [0.25, 0.3) is 0 Å². The maximum Gasteiger partial charge on any atom is -0.0290 e. The zero-order valence-corrected chi connectivity index (χ0v) is 9.06. The molecule has 12 heavy (non-hydrogen) atoms. The summed E-state index contributed by atoms with van der Waals surface area (Å²) in [4.78, 5) is 0. The largest absolute Gasteiger partial charge is 0.197 e. The summed E-state index contributed by atoms with van der Waals surface area (Å²) < 4.78 is 0. The summed E-state index contributed by atoms with van der Waals surface area (Å²) >= 11 is 0. The highest BCUT2D eigenvalue weighted by Crippen LogP contribution is 2.01. The molecule has 0 rings (SSSR count). The van der Waals surface area contributed by atoms with E-state index in [0.29, 0.717) is 0 Å². The molecule has 0 amide bonds. The molecular formula is C11H26S. The molecule has 0 unspecified atom stereocenters. The molecule has 0 saturated carbocycles. The van der Waals surface area contributed by atoms with Crippen molar-refractivity contribution in [1.29, 1.82) is 0 Å². The fourth-order valence-electron chi connectivity index (χ4n) is 0.881. The highest BCUT2D eigenvalue weighted by Gasteiger charge is 1.83. The minimum Gasteiger partial charge on any atom is -0.197 e. The van der Waals surface area contributed by atoms with E-state index in [4.69, 9.17) is 0 Å². The summed E-state index contributed by atoms with van der Waals surface area (Å²) in [6.07, 6.45) is 9.93. The lowest BCUT2D eigenvalue weighted by molar-refractivity contribution is 0.723. The molecule has 0 aliphatic carbocycles. The molecule has 0 spiro atoms. The minimum atomic E-state index is 0. The predicted octanol–water partition coefficient (Wildman–Crippen LogP) is 4.53. The highest BCUT2D eigenvalue weighted by molar-refractivity contribution is 7.59. The quantitative estimate of drug-likeness (QED) is 0.441. The molecule has 0 atom stereocenters. The van der Waals surface area contributed by atoms with Crippen LogP contribution in [0.2, 0.25) is 0 Å². The van der Waals surface area contributed by atoms with E-state index in [1.165, 1.54) is 25.7 Å². The van der Waals surface area contributed by atoms with Crippen molar-refractivity contribution in [2.45, 2.75) is 53.9 Å². The van der Waals surface area contributed by atoms with Crippen LogP contribution in [-0.4, -0.2) is 0 Å². The van der Waals surface area contributed by atoms with Gasteiger partial charge in [0.2, 0.25) is 0 Å². The smallest absolute Gasteiger partial charge is 0.0290 e. The standard InChI is InChI=1S/C10H20.CH4.H2S/c1-4-5-6-7-8-9-10(2)3;;/h8-10H,4-7H2,1-3H3;1H4;1H2. The molecule has 0 fully saturated rings. The first-order valence-corrected chi connectivity index (χ1v) is 4.44. The maximum atomic E-state index is 2.31. The number of rotatable bonds is 5. The Morgan fingerprint density at radius 3 is 2.17 bits per heavy atom. The van der Waals surface area contributed by atoms with E-state index in [1.807, 2.05) is 0 Å². The number of unbranched alkanes of at least 4 members (excludes halogenated alkanes) is 3. The van der Waals surface area contributed by atoms with Crippen LogP contribution in [0.3, 0.4) is 0 Å². The maximum absolute atomic E-state index is 2.31. The van der Waals surface area contributed by atoms with Gasteiger partial charge in [-0.3, -0.25) is 0 Å². The number of hydrogen-bond acceptors (Lipinski definition) is 0. The molecule has 76 valence electrons. The van der Waals surface area contributed by atoms with Gasteiger partial charge >= 0.3 is 0 Å². The molecule has 0 N–H and O–H groups in total. The first-order valence-electron chi connectivity index (χ1n) is 4.44. The lowest BCUT2D eigenvalue weighted by Crippen LogP contribution is -1.77. The van der Waals surface area contributed by atoms with E-state index in [-0.39, 0.29) is 20.9 Å². The second kappa shape index (κ2) is 13.7. The van der Waals surface area contributed by atoms with Crippen molar-refractivity contribution in [1.82, 2.24) is 0 Å². The number of hydrogen-bond donors (Lipinski definition) is 0. The minimum absolute atomic E-state index is 0. The van der Waals surface area contributed by atoms with Gasteiger partial charge < -0.3 is 0 Å².